The van der Waals surface area contributed by atoms with Crippen LogP contribution >= 0.6 is 11.8 Å². The molecule has 2 aliphatic rings. The minimum atomic E-state index is 0.254. The third-order valence-electron chi connectivity index (χ3n) is 3.48. The summed E-state index contributed by atoms with van der Waals surface area (Å²) in [7, 11) is 0. The number of thioether (sulfide) groups is 1. The smallest absolute Gasteiger partial charge is 0.161 e. The average Bonchev–Trinajstić information content (AvgIpc) is 2.90. The minimum Gasteiger partial charge on any atom is -0.334 e. The normalized spacial score (nSPS) is 21.8. The van der Waals surface area contributed by atoms with Crippen LogP contribution in [0.2, 0.25) is 0 Å². The van der Waals surface area contributed by atoms with Crippen LogP contribution in [0.1, 0.15) is 31.2 Å². The lowest BCUT2D eigenvalue weighted by Crippen LogP contribution is -2.21. The highest BCUT2D eigenvalue weighted by atomic mass is 32.2. The molecule has 1 aromatic rings. The van der Waals surface area contributed by atoms with Crippen molar-refractivity contribution in [3.8, 4) is 0 Å². The topological polar surface area (TPSA) is 37.3 Å². The quantitative estimate of drug-likeness (QED) is 0.828. The van der Waals surface area contributed by atoms with Crippen molar-refractivity contribution in [3.63, 3.8) is 0 Å². The number of nitrogens with one attached hydrogen (secondary N) is 1. The van der Waals surface area contributed by atoms with Gasteiger partial charge in [0.05, 0.1) is 17.4 Å². The predicted octanol–water partition coefficient (Wildman–Crippen LogP) is 3.22. The summed E-state index contributed by atoms with van der Waals surface area (Å²) in [6, 6.07) is 2.11. The van der Waals surface area contributed by atoms with Gasteiger partial charge in [-0.25, -0.2) is 0 Å². The van der Waals surface area contributed by atoms with Gasteiger partial charge in [0.25, 0.3) is 0 Å². The Bertz CT molecular complexity index is 450. The Balaban J connectivity index is 1.74. The van der Waals surface area contributed by atoms with Gasteiger partial charge in [0.1, 0.15) is 0 Å². The number of rotatable bonds is 1. The second-order valence-corrected chi connectivity index (χ2v) is 5.98. The molecule has 0 amide bonds. The van der Waals surface area contributed by atoms with Crippen LogP contribution in [0.3, 0.4) is 0 Å². The Morgan fingerprint density at radius 2 is 2.12 bits per heavy atom. The maximum atomic E-state index is 4.88. The van der Waals surface area contributed by atoms with Gasteiger partial charge < -0.3 is 5.32 Å². The molecule has 3 nitrogen and oxygen atoms in total. The number of pyridine rings is 1. The van der Waals surface area contributed by atoms with Crippen molar-refractivity contribution >= 4 is 22.6 Å². The lowest BCUT2D eigenvalue weighted by atomic mass is 10.0. The minimum absolute atomic E-state index is 0.254. The first-order valence-electron chi connectivity index (χ1n) is 6.17. The van der Waals surface area contributed by atoms with Crippen molar-refractivity contribution in [2.75, 3.05) is 11.1 Å². The van der Waals surface area contributed by atoms with Crippen LogP contribution in [0.4, 0.5) is 5.69 Å². The van der Waals surface area contributed by atoms with E-state index in [2.05, 4.69) is 23.3 Å². The molecule has 0 atom stereocenters. The molecule has 1 aliphatic carbocycles. The Morgan fingerprint density at radius 3 is 2.88 bits per heavy atom. The highest BCUT2D eigenvalue weighted by molar-refractivity contribution is 8.14. The molecule has 90 valence electrons. The largest absolute Gasteiger partial charge is 0.334 e. The summed E-state index contributed by atoms with van der Waals surface area (Å²) in [5, 5.41) is 4.45. The second kappa shape index (κ2) is 4.33. The molecule has 1 saturated carbocycles. The number of aliphatic imine (C=N–C) groups is 1. The van der Waals surface area contributed by atoms with E-state index in [-0.39, 0.29) is 5.54 Å². The maximum Gasteiger partial charge on any atom is 0.161 e. The van der Waals surface area contributed by atoms with Crippen molar-refractivity contribution < 1.29 is 0 Å². The van der Waals surface area contributed by atoms with Crippen molar-refractivity contribution in [1.82, 2.24) is 4.98 Å². The van der Waals surface area contributed by atoms with Crippen LogP contribution < -0.4 is 5.32 Å². The highest BCUT2D eigenvalue weighted by Gasteiger charge is 2.38. The summed E-state index contributed by atoms with van der Waals surface area (Å²) in [6.07, 6.45) is 8.92. The molecular weight excluding hydrogens is 230 g/mol. The van der Waals surface area contributed by atoms with E-state index < -0.39 is 0 Å². The van der Waals surface area contributed by atoms with E-state index in [9.17, 15) is 0 Å². The van der Waals surface area contributed by atoms with Gasteiger partial charge in [-0.1, -0.05) is 24.6 Å². The van der Waals surface area contributed by atoms with E-state index in [1.165, 1.54) is 31.2 Å². The van der Waals surface area contributed by atoms with Crippen molar-refractivity contribution in [2.24, 2.45) is 4.99 Å². The summed E-state index contributed by atoms with van der Waals surface area (Å²) in [6.45, 7) is 2.06. The molecule has 4 heteroatoms. The molecule has 0 saturated heterocycles. The number of hydrogen-bond acceptors (Lipinski definition) is 4. The molecule has 1 aliphatic heterocycles. The van der Waals surface area contributed by atoms with E-state index in [1.807, 2.05) is 24.2 Å². The third-order valence-corrected chi connectivity index (χ3v) is 4.63. The zero-order valence-corrected chi connectivity index (χ0v) is 10.9. The molecule has 1 spiro atoms. The zero-order chi connectivity index (χ0) is 11.7. The van der Waals surface area contributed by atoms with Gasteiger partial charge in [-0.05, 0) is 31.4 Å². The molecule has 17 heavy (non-hydrogen) atoms. The number of amidine groups is 1. The summed E-state index contributed by atoms with van der Waals surface area (Å²) < 4.78 is 0. The molecule has 0 bridgehead atoms. The van der Waals surface area contributed by atoms with Gasteiger partial charge in [0.15, 0.2) is 5.17 Å². The van der Waals surface area contributed by atoms with Gasteiger partial charge in [0, 0.05) is 11.9 Å². The monoisotopic (exact) mass is 247 g/mol. The molecule has 3 rings (SSSR count). The molecule has 0 unspecified atom stereocenters. The van der Waals surface area contributed by atoms with E-state index in [0.29, 0.717) is 0 Å². The molecule has 0 radical (unpaired) electrons. The second-order valence-electron chi connectivity index (χ2n) is 5.01. The maximum absolute atomic E-state index is 4.88. The summed E-state index contributed by atoms with van der Waals surface area (Å²) in [5.74, 6) is 1.15. The summed E-state index contributed by atoms with van der Waals surface area (Å²) in [5.41, 5.74) is 2.48. The summed E-state index contributed by atoms with van der Waals surface area (Å²) in [4.78, 5) is 9.07. The van der Waals surface area contributed by atoms with Gasteiger partial charge in [0.2, 0.25) is 0 Å². The molecule has 1 N–H and O–H groups in total. The van der Waals surface area contributed by atoms with Crippen molar-refractivity contribution in [2.45, 2.75) is 38.1 Å². The Labute approximate surface area is 106 Å². The number of aromatic nitrogens is 1. The van der Waals surface area contributed by atoms with Crippen LogP contribution in [0.25, 0.3) is 0 Å². The van der Waals surface area contributed by atoms with Gasteiger partial charge in [-0.15, -0.1) is 0 Å². The number of aryl methyl sites for hydroxylation is 1. The molecule has 1 fully saturated rings. The first-order valence-corrected chi connectivity index (χ1v) is 7.16. The van der Waals surface area contributed by atoms with E-state index in [4.69, 9.17) is 4.99 Å². The fourth-order valence-electron chi connectivity index (χ4n) is 2.58. The Morgan fingerprint density at radius 1 is 1.29 bits per heavy atom. The fourth-order valence-corrected chi connectivity index (χ4v) is 3.79. The first kappa shape index (κ1) is 11.1. The zero-order valence-electron chi connectivity index (χ0n) is 10.1. The lowest BCUT2D eigenvalue weighted by Gasteiger charge is -2.16. The predicted molar refractivity (Wildman–Crippen MR) is 73.7 cm³/mol. The fraction of sp³-hybridized carbons (Fsp3) is 0.538. The first-order chi connectivity index (χ1) is 8.26. The Hall–Kier alpha value is -1.03. The van der Waals surface area contributed by atoms with Gasteiger partial charge in [-0.3, -0.25) is 9.98 Å². The molecule has 2 heterocycles. The van der Waals surface area contributed by atoms with Gasteiger partial charge in [-0.2, -0.15) is 0 Å². The van der Waals surface area contributed by atoms with Crippen LogP contribution in [-0.4, -0.2) is 21.4 Å². The van der Waals surface area contributed by atoms with E-state index >= 15 is 0 Å². The highest BCUT2D eigenvalue weighted by Crippen LogP contribution is 2.41. The number of nitrogens with zero attached hydrogens (tertiary/aromatic N) is 2. The van der Waals surface area contributed by atoms with Crippen LogP contribution in [0.5, 0.6) is 0 Å². The van der Waals surface area contributed by atoms with Crippen LogP contribution in [0.15, 0.2) is 23.5 Å². The average molecular weight is 247 g/mol. The standard InChI is InChI=1S/C13H17N3S/c1-10-6-11(8-14-7-10)15-12-16-13(9-17-12)4-2-3-5-13/h6-8H,2-5,9H2,1H3,(H,15,16). The SMILES string of the molecule is Cc1cncc(NC2=NC3(CCCC3)CS2)c1. The van der Waals surface area contributed by atoms with Crippen LogP contribution in [0, 0.1) is 6.92 Å². The third kappa shape index (κ3) is 2.32. The van der Waals surface area contributed by atoms with Crippen LogP contribution in [-0.2, 0) is 0 Å². The molecule has 0 aromatic carbocycles. The lowest BCUT2D eigenvalue weighted by molar-refractivity contribution is 0.508. The van der Waals surface area contributed by atoms with Crippen molar-refractivity contribution in [3.05, 3.63) is 24.0 Å². The summed E-state index contributed by atoms with van der Waals surface area (Å²) >= 11 is 1.85. The van der Waals surface area contributed by atoms with Gasteiger partial charge >= 0.3 is 0 Å². The Kier molecular flexibility index (Phi) is 2.82. The van der Waals surface area contributed by atoms with E-state index in [1.54, 1.807) is 0 Å². The molecular formula is C13H17N3S. The number of hydrogen-bond donors (Lipinski definition) is 1. The van der Waals surface area contributed by atoms with Crippen molar-refractivity contribution in [1.29, 1.82) is 0 Å². The number of anilines is 1. The molecule has 1 aromatic heterocycles. The van der Waals surface area contributed by atoms with E-state index in [0.717, 1.165) is 16.6 Å².